The van der Waals surface area contributed by atoms with E-state index in [1.165, 1.54) is 23.4 Å². The van der Waals surface area contributed by atoms with Crippen LogP contribution in [0.4, 0.5) is 4.79 Å². The van der Waals surface area contributed by atoms with Crippen molar-refractivity contribution in [3.63, 3.8) is 0 Å². The van der Waals surface area contributed by atoms with Gasteiger partial charge in [0.1, 0.15) is 0 Å². The maximum absolute atomic E-state index is 12.1. The third kappa shape index (κ3) is 2.36. The van der Waals surface area contributed by atoms with Crippen molar-refractivity contribution in [3.8, 4) is 0 Å². The summed E-state index contributed by atoms with van der Waals surface area (Å²) in [4.78, 5) is 24.3. The number of hydrogen-bond acceptors (Lipinski definition) is 3. The van der Waals surface area contributed by atoms with Gasteiger partial charge in [-0.25, -0.2) is 0 Å². The van der Waals surface area contributed by atoms with Gasteiger partial charge < -0.3 is 0 Å². The van der Waals surface area contributed by atoms with Crippen LogP contribution in [0.3, 0.4) is 0 Å². The zero-order valence-corrected chi connectivity index (χ0v) is 17.2. The minimum absolute atomic E-state index is 0.189. The monoisotopic (exact) mass is 425 g/mol. The van der Waals surface area contributed by atoms with Gasteiger partial charge in [0.05, 0.1) is 0 Å². The summed E-state index contributed by atoms with van der Waals surface area (Å²) in [5.41, 5.74) is 3.98. The van der Waals surface area contributed by atoms with Crippen molar-refractivity contribution >= 4 is 53.2 Å². The molecule has 4 rings (SSSR count). The molecule has 0 aliphatic carbocycles. The Morgan fingerprint density at radius 2 is 2.04 bits per heavy atom. The third-order valence-electron chi connectivity index (χ3n) is 4.60. The van der Waals surface area contributed by atoms with Crippen molar-refractivity contribution in [2.45, 2.75) is 26.7 Å². The molecular weight excluding hydrogens is 409 g/mol. The molecule has 3 nitrogen and oxygen atoms in total. The van der Waals surface area contributed by atoms with Crippen LogP contribution >= 0.6 is 11.8 Å². The molecule has 0 unspecified atom stereocenters. The van der Waals surface area contributed by atoms with Crippen LogP contribution in [0.2, 0.25) is 0 Å². The fourth-order valence-electron chi connectivity index (χ4n) is 3.72. The van der Waals surface area contributed by atoms with Crippen molar-refractivity contribution in [1.29, 1.82) is 0 Å². The van der Waals surface area contributed by atoms with Crippen LogP contribution in [0.25, 0.3) is 5.57 Å². The molecule has 0 saturated carbocycles. The number of carbonyl (C=O) groups is 2. The molecule has 5 heteroatoms. The van der Waals surface area contributed by atoms with E-state index in [-0.39, 0.29) is 11.1 Å². The number of allylic oxidation sites excluding steroid dienone is 5. The Labute approximate surface area is 147 Å². The summed E-state index contributed by atoms with van der Waals surface area (Å²) in [5, 5.41) is 2.18. The van der Waals surface area contributed by atoms with Gasteiger partial charge in [-0.1, -0.05) is 0 Å². The van der Waals surface area contributed by atoms with Crippen LogP contribution in [0.15, 0.2) is 47.5 Å². The molecule has 1 fully saturated rings. The van der Waals surface area contributed by atoms with Crippen LogP contribution in [0.1, 0.15) is 32.3 Å². The summed E-state index contributed by atoms with van der Waals surface area (Å²) in [5.74, 6) is -0.189. The Bertz CT molecular complexity index is 846. The Balaban J connectivity index is 1.76. The van der Waals surface area contributed by atoms with Crippen LogP contribution in [0, 0.1) is 0 Å². The molecule has 0 spiro atoms. The van der Waals surface area contributed by atoms with E-state index < -0.39 is 21.4 Å². The molecule has 0 radical (unpaired) electrons. The first-order valence-corrected chi connectivity index (χ1v) is 13.6. The quantitative estimate of drug-likeness (QED) is 0.598. The summed E-state index contributed by atoms with van der Waals surface area (Å²) in [6.07, 6.45) is 4.46. The van der Waals surface area contributed by atoms with Crippen molar-refractivity contribution in [2.24, 2.45) is 0 Å². The van der Waals surface area contributed by atoms with Crippen molar-refractivity contribution < 1.29 is 9.59 Å². The van der Waals surface area contributed by atoms with E-state index in [4.69, 9.17) is 0 Å². The molecular formula is C18H16InNO2S. The Kier molecular flexibility index (Phi) is 3.81. The first kappa shape index (κ1) is 15.3. The Hall–Kier alpha value is -1.20. The number of imide groups is 1. The Morgan fingerprint density at radius 1 is 1.26 bits per heavy atom. The van der Waals surface area contributed by atoms with Gasteiger partial charge >= 0.3 is 148 Å². The molecule has 23 heavy (non-hydrogen) atoms. The SMILES string of the molecule is CC(C)=CCC[C]1=C2/[C](=C3/SC(=O)NC3=O)[In]1[c]1ccccc12. The number of benzene rings is 1. The molecule has 1 N–H and O–H groups in total. The number of nitrogens with one attached hydrogen (secondary N) is 1. The van der Waals surface area contributed by atoms with Crippen molar-refractivity contribution in [3.05, 3.63) is 53.0 Å². The van der Waals surface area contributed by atoms with Gasteiger partial charge in [-0.05, 0) is 0 Å². The topological polar surface area (TPSA) is 46.2 Å². The second-order valence-electron chi connectivity index (χ2n) is 6.33. The second kappa shape index (κ2) is 5.71. The molecule has 2 amide bonds. The van der Waals surface area contributed by atoms with Gasteiger partial charge in [-0.2, -0.15) is 0 Å². The second-order valence-corrected chi connectivity index (χ2v) is 15.2. The van der Waals surface area contributed by atoms with E-state index in [2.05, 4.69) is 49.5 Å². The molecule has 3 aliphatic rings. The summed E-state index contributed by atoms with van der Waals surface area (Å²) in [6, 6.07) is 8.58. The normalized spacial score (nSPS) is 21.4. The number of rotatable bonds is 3. The minimum atomic E-state index is -2.25. The van der Waals surface area contributed by atoms with Crippen molar-refractivity contribution in [1.82, 2.24) is 5.32 Å². The van der Waals surface area contributed by atoms with E-state index in [1.54, 1.807) is 3.33 Å². The standard InChI is InChI=1S/C18H16NO2S.In/c1-13(2)8-6-7-11-15(14-9-4-3-5-10-14)12-16-17(20)19-18(21)22-16;/h3-5,8-9H,6-7H2,1-2H3,(H,19,20,21);. The fourth-order valence-corrected chi connectivity index (χ4v) is 16.3. The molecule has 0 atom stereocenters. The zero-order valence-electron chi connectivity index (χ0n) is 13.1. The summed E-state index contributed by atoms with van der Waals surface area (Å²) in [6.45, 7) is 4.26. The third-order valence-corrected chi connectivity index (χ3v) is 16.2. The number of carbonyl (C=O) groups excluding carboxylic acids is 2. The molecule has 2 bridgehead atoms. The van der Waals surface area contributed by atoms with Gasteiger partial charge in [0.15, 0.2) is 0 Å². The van der Waals surface area contributed by atoms with Crippen LogP contribution in [0.5, 0.6) is 0 Å². The first-order valence-electron chi connectivity index (χ1n) is 7.81. The average Bonchev–Trinajstić information content (AvgIpc) is 3.10. The molecule has 114 valence electrons. The molecule has 3 heterocycles. The zero-order chi connectivity index (χ0) is 16.1. The predicted molar refractivity (Wildman–Crippen MR) is 95.6 cm³/mol. The first-order chi connectivity index (χ1) is 11.1. The average molecular weight is 425 g/mol. The fraction of sp³-hybridized carbons (Fsp3) is 0.222. The molecule has 1 aromatic rings. The van der Waals surface area contributed by atoms with Gasteiger partial charge in [0, 0.05) is 0 Å². The van der Waals surface area contributed by atoms with Gasteiger partial charge in [0.25, 0.3) is 0 Å². The van der Waals surface area contributed by atoms with Crippen LogP contribution < -0.4 is 8.64 Å². The molecule has 1 aromatic carbocycles. The van der Waals surface area contributed by atoms with E-state index in [1.807, 2.05) is 0 Å². The van der Waals surface area contributed by atoms with Gasteiger partial charge in [-0.15, -0.1) is 0 Å². The maximum atomic E-state index is 12.1. The van der Waals surface area contributed by atoms with E-state index >= 15 is 0 Å². The number of amides is 2. The van der Waals surface area contributed by atoms with E-state index in [9.17, 15) is 9.59 Å². The number of thioether (sulfide) groups is 1. The summed E-state index contributed by atoms with van der Waals surface area (Å²) >= 11 is -1.16. The van der Waals surface area contributed by atoms with E-state index in [0.29, 0.717) is 4.91 Å². The summed E-state index contributed by atoms with van der Waals surface area (Å²) in [7, 11) is 0. The summed E-state index contributed by atoms with van der Waals surface area (Å²) < 4.78 is 4.39. The molecule has 3 aliphatic heterocycles. The predicted octanol–water partition coefficient (Wildman–Crippen LogP) is 3.23. The Morgan fingerprint density at radius 3 is 2.70 bits per heavy atom. The number of hydrogen-bond donors (Lipinski definition) is 1. The molecule has 0 aromatic heterocycles. The van der Waals surface area contributed by atoms with E-state index in [0.717, 1.165) is 24.6 Å². The van der Waals surface area contributed by atoms with Crippen molar-refractivity contribution in [2.75, 3.05) is 0 Å². The molecule has 1 saturated heterocycles. The number of fused-ring (bicyclic) bond motifs is 5. The van der Waals surface area contributed by atoms with Gasteiger partial charge in [0.2, 0.25) is 0 Å². The van der Waals surface area contributed by atoms with Crippen LogP contribution in [-0.2, 0) is 4.79 Å². The van der Waals surface area contributed by atoms with Crippen LogP contribution in [-0.4, -0.2) is 32.6 Å². The van der Waals surface area contributed by atoms with Gasteiger partial charge in [-0.3, -0.25) is 0 Å².